The standard InChI is InChI=1S/C10H18N2O/c1-9(7-11)3-2-4-10-8-12-5-6-13-10/h9-10,12H,2-6,8H2,1H3/t9-,10+/m1/s1. The molecule has 0 unspecified atom stereocenters. The van der Waals surface area contributed by atoms with Crippen LogP contribution in [0.5, 0.6) is 0 Å². The van der Waals surface area contributed by atoms with Crippen LogP contribution in [0.3, 0.4) is 0 Å². The van der Waals surface area contributed by atoms with Crippen molar-refractivity contribution in [3.63, 3.8) is 0 Å². The molecule has 0 amide bonds. The van der Waals surface area contributed by atoms with Gasteiger partial charge in [-0.25, -0.2) is 0 Å². The van der Waals surface area contributed by atoms with E-state index in [0.29, 0.717) is 6.10 Å². The first-order valence-electron chi connectivity index (χ1n) is 5.05. The van der Waals surface area contributed by atoms with Gasteiger partial charge >= 0.3 is 0 Å². The van der Waals surface area contributed by atoms with Crippen LogP contribution in [-0.2, 0) is 4.74 Å². The lowest BCUT2D eigenvalue weighted by Crippen LogP contribution is -2.38. The van der Waals surface area contributed by atoms with E-state index in [1.54, 1.807) is 0 Å². The highest BCUT2D eigenvalue weighted by atomic mass is 16.5. The number of rotatable bonds is 4. The highest BCUT2D eigenvalue weighted by Crippen LogP contribution is 2.11. The van der Waals surface area contributed by atoms with Crippen LogP contribution in [-0.4, -0.2) is 25.8 Å². The van der Waals surface area contributed by atoms with Crippen molar-refractivity contribution < 1.29 is 4.74 Å². The Morgan fingerprint density at radius 2 is 2.54 bits per heavy atom. The molecule has 13 heavy (non-hydrogen) atoms. The van der Waals surface area contributed by atoms with E-state index in [4.69, 9.17) is 10.00 Å². The molecule has 1 aliphatic heterocycles. The zero-order valence-corrected chi connectivity index (χ0v) is 8.25. The van der Waals surface area contributed by atoms with Gasteiger partial charge in [0.2, 0.25) is 0 Å². The minimum absolute atomic E-state index is 0.191. The van der Waals surface area contributed by atoms with E-state index >= 15 is 0 Å². The molecule has 74 valence electrons. The third-order valence-corrected chi connectivity index (χ3v) is 2.39. The molecule has 1 N–H and O–H groups in total. The summed E-state index contributed by atoms with van der Waals surface area (Å²) in [6, 6.07) is 2.25. The van der Waals surface area contributed by atoms with Gasteiger partial charge in [-0.1, -0.05) is 0 Å². The lowest BCUT2D eigenvalue weighted by molar-refractivity contribution is 0.0218. The normalized spacial score (nSPS) is 25.1. The number of nitrogens with zero attached hydrogens (tertiary/aromatic N) is 1. The maximum absolute atomic E-state index is 8.58. The Labute approximate surface area is 80.1 Å². The van der Waals surface area contributed by atoms with Crippen LogP contribution in [0.15, 0.2) is 0 Å². The fourth-order valence-corrected chi connectivity index (χ4v) is 1.52. The summed E-state index contributed by atoms with van der Waals surface area (Å²) in [5.74, 6) is 0.191. The Hall–Kier alpha value is -0.590. The van der Waals surface area contributed by atoms with Crippen molar-refractivity contribution in [1.82, 2.24) is 5.32 Å². The number of nitrogens with one attached hydrogen (secondary N) is 1. The summed E-state index contributed by atoms with van der Waals surface area (Å²) >= 11 is 0. The van der Waals surface area contributed by atoms with Gasteiger partial charge in [0.05, 0.1) is 18.8 Å². The van der Waals surface area contributed by atoms with Crippen molar-refractivity contribution in [3.8, 4) is 6.07 Å². The molecule has 3 heteroatoms. The average molecular weight is 182 g/mol. The van der Waals surface area contributed by atoms with Crippen LogP contribution in [0.2, 0.25) is 0 Å². The fraction of sp³-hybridized carbons (Fsp3) is 0.900. The molecular formula is C10H18N2O. The molecule has 0 spiro atoms. The fourth-order valence-electron chi connectivity index (χ4n) is 1.52. The summed E-state index contributed by atoms with van der Waals surface area (Å²) in [6.07, 6.45) is 3.55. The monoisotopic (exact) mass is 182 g/mol. The molecule has 0 saturated carbocycles. The van der Waals surface area contributed by atoms with Crippen LogP contribution in [0.25, 0.3) is 0 Å². The Bertz CT molecular complexity index is 170. The van der Waals surface area contributed by atoms with Gasteiger partial charge in [0.15, 0.2) is 0 Å². The number of hydrogen-bond acceptors (Lipinski definition) is 3. The van der Waals surface area contributed by atoms with Gasteiger partial charge in [0.1, 0.15) is 0 Å². The van der Waals surface area contributed by atoms with E-state index in [-0.39, 0.29) is 5.92 Å². The maximum atomic E-state index is 8.58. The minimum Gasteiger partial charge on any atom is -0.376 e. The Morgan fingerprint density at radius 1 is 1.69 bits per heavy atom. The van der Waals surface area contributed by atoms with Gasteiger partial charge in [-0.15, -0.1) is 0 Å². The Balaban J connectivity index is 2.02. The summed E-state index contributed by atoms with van der Waals surface area (Å²) in [5, 5.41) is 11.9. The van der Waals surface area contributed by atoms with Crippen molar-refractivity contribution in [1.29, 1.82) is 5.26 Å². The second kappa shape index (κ2) is 5.95. The number of morpholine rings is 1. The number of hydrogen-bond donors (Lipinski definition) is 1. The summed E-state index contributed by atoms with van der Waals surface area (Å²) in [7, 11) is 0. The van der Waals surface area contributed by atoms with Crippen molar-refractivity contribution >= 4 is 0 Å². The predicted molar refractivity (Wildman–Crippen MR) is 51.2 cm³/mol. The summed E-state index contributed by atoms with van der Waals surface area (Å²) in [4.78, 5) is 0. The molecular weight excluding hydrogens is 164 g/mol. The van der Waals surface area contributed by atoms with Gasteiger partial charge < -0.3 is 10.1 Å². The molecule has 0 aromatic carbocycles. The zero-order valence-electron chi connectivity index (χ0n) is 8.25. The van der Waals surface area contributed by atoms with E-state index in [1.807, 2.05) is 6.92 Å². The van der Waals surface area contributed by atoms with Gasteiger partial charge in [-0.3, -0.25) is 0 Å². The van der Waals surface area contributed by atoms with E-state index in [9.17, 15) is 0 Å². The van der Waals surface area contributed by atoms with Gasteiger partial charge in [0, 0.05) is 19.0 Å². The molecule has 1 rings (SSSR count). The largest absolute Gasteiger partial charge is 0.376 e. The minimum atomic E-state index is 0.191. The van der Waals surface area contributed by atoms with E-state index < -0.39 is 0 Å². The van der Waals surface area contributed by atoms with Crippen LogP contribution >= 0.6 is 0 Å². The second-order valence-electron chi connectivity index (χ2n) is 3.66. The molecule has 0 bridgehead atoms. The molecule has 1 fully saturated rings. The van der Waals surface area contributed by atoms with Crippen molar-refractivity contribution in [2.75, 3.05) is 19.7 Å². The predicted octanol–water partition coefficient (Wildman–Crippen LogP) is 1.30. The van der Waals surface area contributed by atoms with Crippen LogP contribution in [0.4, 0.5) is 0 Å². The lowest BCUT2D eigenvalue weighted by Gasteiger charge is -2.23. The molecule has 2 atom stereocenters. The van der Waals surface area contributed by atoms with E-state index in [2.05, 4.69) is 11.4 Å². The van der Waals surface area contributed by atoms with Crippen LogP contribution in [0.1, 0.15) is 26.2 Å². The Morgan fingerprint density at radius 3 is 3.15 bits per heavy atom. The highest BCUT2D eigenvalue weighted by Gasteiger charge is 2.12. The lowest BCUT2D eigenvalue weighted by atomic mass is 10.0. The molecule has 1 saturated heterocycles. The molecule has 1 aliphatic rings. The average Bonchev–Trinajstić information content (AvgIpc) is 2.19. The molecule has 0 aromatic heterocycles. The second-order valence-corrected chi connectivity index (χ2v) is 3.66. The highest BCUT2D eigenvalue weighted by molar-refractivity contribution is 4.78. The summed E-state index contributed by atoms with van der Waals surface area (Å²) in [5.41, 5.74) is 0. The van der Waals surface area contributed by atoms with Gasteiger partial charge in [-0.2, -0.15) is 5.26 Å². The number of ether oxygens (including phenoxy) is 1. The molecule has 0 aromatic rings. The maximum Gasteiger partial charge on any atom is 0.0700 e. The summed E-state index contributed by atoms with van der Waals surface area (Å²) < 4.78 is 5.55. The van der Waals surface area contributed by atoms with Gasteiger partial charge in [-0.05, 0) is 26.2 Å². The van der Waals surface area contributed by atoms with Crippen LogP contribution < -0.4 is 5.32 Å². The zero-order chi connectivity index (χ0) is 9.52. The molecule has 1 heterocycles. The quantitative estimate of drug-likeness (QED) is 0.713. The molecule has 3 nitrogen and oxygen atoms in total. The van der Waals surface area contributed by atoms with E-state index in [0.717, 1.165) is 39.0 Å². The number of nitriles is 1. The topological polar surface area (TPSA) is 45.0 Å². The SMILES string of the molecule is C[C@@H](C#N)CCC[C@H]1CNCCO1. The third-order valence-electron chi connectivity index (χ3n) is 2.39. The third kappa shape index (κ3) is 4.25. The first kappa shape index (κ1) is 10.5. The van der Waals surface area contributed by atoms with Crippen molar-refractivity contribution in [2.24, 2.45) is 5.92 Å². The van der Waals surface area contributed by atoms with E-state index in [1.165, 1.54) is 0 Å². The smallest absolute Gasteiger partial charge is 0.0700 e. The van der Waals surface area contributed by atoms with Crippen molar-refractivity contribution in [2.45, 2.75) is 32.3 Å². The molecule has 0 radical (unpaired) electrons. The Kier molecular flexibility index (Phi) is 4.81. The first-order chi connectivity index (χ1) is 6.33. The van der Waals surface area contributed by atoms with Crippen molar-refractivity contribution in [3.05, 3.63) is 0 Å². The van der Waals surface area contributed by atoms with Crippen LogP contribution in [0, 0.1) is 17.2 Å². The first-order valence-corrected chi connectivity index (χ1v) is 5.05. The van der Waals surface area contributed by atoms with Gasteiger partial charge in [0.25, 0.3) is 0 Å². The molecule has 0 aliphatic carbocycles. The summed E-state index contributed by atoms with van der Waals surface area (Å²) in [6.45, 7) is 4.75.